The van der Waals surface area contributed by atoms with E-state index in [9.17, 15) is 13.2 Å². The van der Waals surface area contributed by atoms with E-state index in [1.54, 1.807) is 37.3 Å². The average Bonchev–Trinajstić information content (AvgIpc) is 2.63. The number of carbonyl (C=O) groups excluding carboxylic acids is 1. The monoisotopic (exact) mass is 438 g/mol. The molecule has 26 heavy (non-hydrogen) atoms. The van der Waals surface area contributed by atoms with Crippen LogP contribution >= 0.6 is 15.9 Å². The molecule has 1 heterocycles. The molecule has 1 unspecified atom stereocenters. The Balaban J connectivity index is 1.87. The minimum Gasteiger partial charge on any atom is -0.476 e. The van der Waals surface area contributed by atoms with Crippen molar-refractivity contribution in [1.29, 1.82) is 0 Å². The number of anilines is 2. The maximum atomic E-state index is 12.7. The Morgan fingerprint density at radius 2 is 2.04 bits per heavy atom. The van der Waals surface area contributed by atoms with Crippen LogP contribution in [0.25, 0.3) is 0 Å². The number of sulfonamides is 1. The van der Waals surface area contributed by atoms with Gasteiger partial charge < -0.3 is 10.1 Å². The van der Waals surface area contributed by atoms with Crippen molar-refractivity contribution < 1.29 is 17.9 Å². The van der Waals surface area contributed by atoms with E-state index in [2.05, 4.69) is 21.2 Å². The van der Waals surface area contributed by atoms with Crippen LogP contribution in [0.2, 0.25) is 0 Å². The normalized spacial score (nSPS) is 16.6. The molecule has 2 aromatic rings. The van der Waals surface area contributed by atoms with Gasteiger partial charge in [0.05, 0.1) is 18.0 Å². The van der Waals surface area contributed by atoms with E-state index in [0.717, 1.165) is 10.0 Å². The molecule has 0 bridgehead atoms. The van der Waals surface area contributed by atoms with Gasteiger partial charge in [0.1, 0.15) is 5.75 Å². The maximum Gasteiger partial charge on any atom is 0.267 e. The number of benzene rings is 2. The third-order valence-corrected chi connectivity index (χ3v) is 6.79. The van der Waals surface area contributed by atoms with Crippen molar-refractivity contribution >= 4 is 43.2 Å². The summed E-state index contributed by atoms with van der Waals surface area (Å²) in [5, 5.41) is 2.79. The van der Waals surface area contributed by atoms with Crippen LogP contribution in [-0.2, 0) is 14.8 Å². The largest absolute Gasteiger partial charge is 0.476 e. The van der Waals surface area contributed by atoms with Crippen LogP contribution in [0.15, 0.2) is 46.9 Å². The van der Waals surface area contributed by atoms with E-state index in [1.807, 2.05) is 19.1 Å². The van der Waals surface area contributed by atoms with Gasteiger partial charge in [0.25, 0.3) is 5.91 Å². The maximum absolute atomic E-state index is 12.7. The minimum absolute atomic E-state index is 0.0540. The number of aryl methyl sites for hydroxylation is 1. The van der Waals surface area contributed by atoms with E-state index < -0.39 is 22.0 Å². The second-order valence-electron chi connectivity index (χ2n) is 5.96. The summed E-state index contributed by atoms with van der Waals surface area (Å²) >= 11 is 3.42. The Labute approximate surface area is 161 Å². The van der Waals surface area contributed by atoms with Gasteiger partial charge in [-0.15, -0.1) is 0 Å². The molecule has 2 aromatic carbocycles. The molecule has 0 aromatic heterocycles. The van der Waals surface area contributed by atoms with Crippen LogP contribution < -0.4 is 14.4 Å². The van der Waals surface area contributed by atoms with Crippen LogP contribution in [0.4, 0.5) is 11.4 Å². The van der Waals surface area contributed by atoms with Crippen molar-refractivity contribution in [1.82, 2.24) is 0 Å². The zero-order valence-electron chi connectivity index (χ0n) is 14.4. The molecule has 0 radical (unpaired) electrons. The molecule has 0 saturated carbocycles. The average molecular weight is 439 g/mol. The van der Waals surface area contributed by atoms with Crippen LogP contribution in [0.3, 0.4) is 0 Å². The molecule has 0 saturated heterocycles. The summed E-state index contributed by atoms with van der Waals surface area (Å²) < 4.78 is 32.9. The SMILES string of the molecule is CCS(=O)(=O)N1CC(C(=O)Nc2ccc(Br)c(C)c2)Oc2ccccc21. The number of hydrogen-bond acceptors (Lipinski definition) is 4. The lowest BCUT2D eigenvalue weighted by Gasteiger charge is -2.34. The van der Waals surface area contributed by atoms with E-state index >= 15 is 0 Å². The molecule has 6 nitrogen and oxygen atoms in total. The van der Waals surface area contributed by atoms with Gasteiger partial charge in [-0.25, -0.2) is 8.42 Å². The number of rotatable bonds is 4. The van der Waals surface area contributed by atoms with Crippen molar-refractivity contribution in [2.24, 2.45) is 0 Å². The van der Waals surface area contributed by atoms with Gasteiger partial charge in [-0.05, 0) is 49.7 Å². The van der Waals surface area contributed by atoms with Crippen molar-refractivity contribution in [2.75, 3.05) is 21.9 Å². The molecular formula is C18H19BrN2O4S. The number of hydrogen-bond donors (Lipinski definition) is 1. The Bertz CT molecular complexity index is 946. The van der Waals surface area contributed by atoms with Crippen LogP contribution in [0.1, 0.15) is 12.5 Å². The lowest BCUT2D eigenvalue weighted by molar-refractivity contribution is -0.122. The highest BCUT2D eigenvalue weighted by Gasteiger charge is 2.35. The number of nitrogens with zero attached hydrogens (tertiary/aromatic N) is 1. The van der Waals surface area contributed by atoms with Gasteiger partial charge in [-0.3, -0.25) is 9.10 Å². The van der Waals surface area contributed by atoms with Crippen molar-refractivity contribution in [2.45, 2.75) is 20.0 Å². The lowest BCUT2D eigenvalue weighted by atomic mass is 10.2. The summed E-state index contributed by atoms with van der Waals surface area (Å²) in [7, 11) is -3.52. The van der Waals surface area contributed by atoms with Gasteiger partial charge in [-0.1, -0.05) is 28.1 Å². The van der Waals surface area contributed by atoms with E-state index in [0.29, 0.717) is 17.1 Å². The van der Waals surface area contributed by atoms with Gasteiger partial charge in [0, 0.05) is 10.2 Å². The fraction of sp³-hybridized carbons (Fsp3) is 0.278. The molecule has 8 heteroatoms. The molecule has 1 aliphatic rings. The molecule has 3 rings (SSSR count). The van der Waals surface area contributed by atoms with Gasteiger partial charge >= 0.3 is 0 Å². The lowest BCUT2D eigenvalue weighted by Crippen LogP contribution is -2.49. The second-order valence-corrected chi connectivity index (χ2v) is 9.00. The molecule has 1 N–H and O–H groups in total. The Kier molecular flexibility index (Phi) is 5.24. The van der Waals surface area contributed by atoms with Crippen molar-refractivity contribution in [3.8, 4) is 5.75 Å². The second kappa shape index (κ2) is 7.28. The quantitative estimate of drug-likeness (QED) is 0.793. The van der Waals surface area contributed by atoms with Crippen molar-refractivity contribution in [3.63, 3.8) is 0 Å². The summed E-state index contributed by atoms with van der Waals surface area (Å²) in [6, 6.07) is 12.3. The summed E-state index contributed by atoms with van der Waals surface area (Å²) in [5.74, 6) is -0.0675. The standard InChI is InChI=1S/C18H19BrN2O4S/c1-3-26(23,24)21-11-17(25-16-7-5-4-6-15(16)21)18(22)20-13-8-9-14(19)12(2)10-13/h4-10,17H,3,11H2,1-2H3,(H,20,22). The molecule has 1 aliphatic heterocycles. The molecule has 0 fully saturated rings. The first-order chi connectivity index (χ1) is 12.3. The van der Waals surface area contributed by atoms with E-state index in [1.165, 1.54) is 4.31 Å². The topological polar surface area (TPSA) is 75.7 Å². The first-order valence-corrected chi connectivity index (χ1v) is 10.5. The van der Waals surface area contributed by atoms with Gasteiger partial charge in [0.15, 0.2) is 6.10 Å². The molecule has 0 spiro atoms. The zero-order chi connectivity index (χ0) is 18.9. The zero-order valence-corrected chi connectivity index (χ0v) is 16.8. The number of para-hydroxylation sites is 2. The molecule has 1 amide bonds. The van der Waals surface area contributed by atoms with E-state index in [-0.39, 0.29) is 12.3 Å². The highest BCUT2D eigenvalue weighted by molar-refractivity contribution is 9.10. The predicted octanol–water partition coefficient (Wildman–Crippen LogP) is 3.31. The Morgan fingerprint density at radius 3 is 2.73 bits per heavy atom. The highest BCUT2D eigenvalue weighted by Crippen LogP contribution is 2.35. The van der Waals surface area contributed by atoms with Crippen LogP contribution in [-0.4, -0.2) is 32.7 Å². The summed E-state index contributed by atoms with van der Waals surface area (Å²) in [4.78, 5) is 12.7. The summed E-state index contributed by atoms with van der Waals surface area (Å²) in [6.45, 7) is 3.43. The molecule has 0 aliphatic carbocycles. The highest BCUT2D eigenvalue weighted by atomic mass is 79.9. The summed E-state index contributed by atoms with van der Waals surface area (Å²) in [5.41, 5.74) is 2.06. The van der Waals surface area contributed by atoms with Crippen LogP contribution in [0, 0.1) is 6.92 Å². The number of halogens is 1. The number of ether oxygens (including phenoxy) is 1. The smallest absolute Gasteiger partial charge is 0.267 e. The fourth-order valence-electron chi connectivity index (χ4n) is 2.70. The van der Waals surface area contributed by atoms with Gasteiger partial charge in [0.2, 0.25) is 10.0 Å². The third-order valence-electron chi connectivity index (χ3n) is 4.15. The van der Waals surface area contributed by atoms with Gasteiger partial charge in [-0.2, -0.15) is 0 Å². The number of nitrogens with one attached hydrogen (secondary N) is 1. The fourth-order valence-corrected chi connectivity index (χ4v) is 4.07. The summed E-state index contributed by atoms with van der Waals surface area (Å²) in [6.07, 6.45) is -0.935. The Morgan fingerprint density at radius 1 is 1.31 bits per heavy atom. The number of fused-ring (bicyclic) bond motifs is 1. The number of carbonyl (C=O) groups is 1. The third kappa shape index (κ3) is 3.71. The molecule has 138 valence electrons. The number of amides is 1. The van der Waals surface area contributed by atoms with Crippen molar-refractivity contribution in [3.05, 3.63) is 52.5 Å². The molecular weight excluding hydrogens is 420 g/mol. The minimum atomic E-state index is -3.52. The predicted molar refractivity (Wildman–Crippen MR) is 105 cm³/mol. The first kappa shape index (κ1) is 18.7. The molecule has 1 atom stereocenters. The Hall–Kier alpha value is -2.06. The van der Waals surface area contributed by atoms with E-state index in [4.69, 9.17) is 4.74 Å². The van der Waals surface area contributed by atoms with Crippen LogP contribution in [0.5, 0.6) is 5.75 Å². The first-order valence-electron chi connectivity index (χ1n) is 8.15.